The Balaban J connectivity index is 0.00000144. The first-order valence-electron chi connectivity index (χ1n) is 3.45. The van der Waals surface area contributed by atoms with E-state index in [9.17, 15) is 0 Å². The minimum Gasteiger partial charge on any atom is -0.361 e. The zero-order valence-electron chi connectivity index (χ0n) is 6.75. The van der Waals surface area contributed by atoms with Crippen LogP contribution in [0, 0.1) is 5.41 Å². The summed E-state index contributed by atoms with van der Waals surface area (Å²) < 4.78 is 0. The molecule has 2 nitrogen and oxygen atoms in total. The van der Waals surface area contributed by atoms with E-state index in [-0.39, 0.29) is 17.6 Å². The largest absolute Gasteiger partial charge is 0.361 e. The average molecular weight is 237 g/mol. The highest BCUT2D eigenvalue weighted by Crippen LogP contribution is 2.14. The number of benzene rings is 1. The van der Waals surface area contributed by atoms with Crippen molar-refractivity contribution in [2.24, 2.45) is 0 Å². The van der Waals surface area contributed by atoms with Gasteiger partial charge in [-0.15, -0.1) is 25.0 Å². The van der Waals surface area contributed by atoms with Crippen molar-refractivity contribution in [2.75, 3.05) is 0 Å². The minimum absolute atomic E-state index is 0. The topological polar surface area (TPSA) is 35.9 Å². The fourth-order valence-corrected chi connectivity index (χ4v) is 1.10. The Hall–Kier alpha value is -0.380. The van der Waals surface area contributed by atoms with Crippen LogP contribution >= 0.6 is 36.6 Å². The molecule has 0 aromatic heterocycles. The molecule has 0 radical (unpaired) electrons. The van der Waals surface area contributed by atoms with Crippen molar-refractivity contribution < 1.29 is 0 Å². The highest BCUT2D eigenvalue weighted by Gasteiger charge is 1.97. The third-order valence-corrected chi connectivity index (χ3v) is 1.93. The van der Waals surface area contributed by atoms with E-state index in [4.69, 9.17) is 17.0 Å². The smallest absolute Gasteiger partial charge is 0.150 e. The summed E-state index contributed by atoms with van der Waals surface area (Å²) in [5.41, 5.74) is 0.970. The van der Waals surface area contributed by atoms with Crippen LogP contribution in [0.25, 0.3) is 0 Å². The molecule has 0 aliphatic heterocycles. The van der Waals surface area contributed by atoms with Crippen molar-refractivity contribution in [1.29, 1.82) is 5.41 Å². The van der Waals surface area contributed by atoms with Gasteiger partial charge in [-0.05, 0) is 11.6 Å². The van der Waals surface area contributed by atoms with Gasteiger partial charge in [0.05, 0.1) is 0 Å². The zero-order valence-corrected chi connectivity index (χ0v) is 9.22. The van der Waals surface area contributed by atoms with Crippen LogP contribution in [-0.4, -0.2) is 5.17 Å². The van der Waals surface area contributed by atoms with Crippen LogP contribution in [-0.2, 0) is 6.54 Å². The van der Waals surface area contributed by atoms with Gasteiger partial charge in [-0.2, -0.15) is 0 Å². The van der Waals surface area contributed by atoms with E-state index >= 15 is 0 Å². The van der Waals surface area contributed by atoms with Gasteiger partial charge < -0.3 is 5.32 Å². The van der Waals surface area contributed by atoms with Crippen LogP contribution in [0.15, 0.2) is 24.3 Å². The summed E-state index contributed by atoms with van der Waals surface area (Å²) in [5, 5.41) is 10.6. The summed E-state index contributed by atoms with van der Waals surface area (Å²) >= 11 is 9.66. The van der Waals surface area contributed by atoms with Gasteiger partial charge in [-0.1, -0.05) is 29.8 Å². The van der Waals surface area contributed by atoms with E-state index in [2.05, 4.69) is 17.9 Å². The molecule has 5 heteroatoms. The molecular weight excluding hydrogens is 227 g/mol. The Morgan fingerprint density at radius 2 is 2.08 bits per heavy atom. The molecule has 72 valence electrons. The van der Waals surface area contributed by atoms with E-state index in [0.29, 0.717) is 11.6 Å². The molecule has 0 bridgehead atoms. The van der Waals surface area contributed by atoms with E-state index in [0.717, 1.165) is 5.56 Å². The van der Waals surface area contributed by atoms with Crippen LogP contribution in [0.1, 0.15) is 5.56 Å². The first kappa shape index (κ1) is 12.6. The molecule has 1 aromatic carbocycles. The molecule has 1 aromatic rings. The van der Waals surface area contributed by atoms with Gasteiger partial charge in [-0.3, -0.25) is 5.41 Å². The summed E-state index contributed by atoms with van der Waals surface area (Å²) in [6.45, 7) is 0.544. The third kappa shape index (κ3) is 4.41. The normalized spacial score (nSPS) is 8.77. The van der Waals surface area contributed by atoms with Gasteiger partial charge in [0.25, 0.3) is 0 Å². The molecule has 0 aliphatic carbocycles. The second kappa shape index (κ2) is 6.13. The van der Waals surface area contributed by atoms with Crippen molar-refractivity contribution in [1.82, 2.24) is 5.32 Å². The van der Waals surface area contributed by atoms with Crippen molar-refractivity contribution in [3.8, 4) is 0 Å². The lowest BCUT2D eigenvalue weighted by Crippen LogP contribution is -2.16. The fourth-order valence-electron chi connectivity index (χ4n) is 0.821. The van der Waals surface area contributed by atoms with Gasteiger partial charge in [0.15, 0.2) is 5.17 Å². The molecule has 0 amide bonds. The molecule has 0 atom stereocenters. The first-order chi connectivity index (χ1) is 5.70. The number of rotatable bonds is 2. The Kier molecular flexibility index (Phi) is 5.95. The molecule has 0 heterocycles. The van der Waals surface area contributed by atoms with E-state index in [1.165, 1.54) is 0 Å². The van der Waals surface area contributed by atoms with Crippen molar-refractivity contribution in [3.63, 3.8) is 0 Å². The number of hydrogen-bond acceptors (Lipinski definition) is 1. The first-order valence-corrected chi connectivity index (χ1v) is 4.27. The monoisotopic (exact) mass is 236 g/mol. The van der Waals surface area contributed by atoms with Gasteiger partial charge in [0, 0.05) is 11.6 Å². The van der Waals surface area contributed by atoms with Crippen LogP contribution in [0.3, 0.4) is 0 Å². The van der Waals surface area contributed by atoms with E-state index < -0.39 is 0 Å². The summed E-state index contributed by atoms with van der Waals surface area (Å²) in [6.07, 6.45) is 0. The second-order valence-corrected chi connectivity index (χ2v) is 3.15. The lowest BCUT2D eigenvalue weighted by atomic mass is 10.2. The number of nitrogens with one attached hydrogen (secondary N) is 2. The van der Waals surface area contributed by atoms with Crippen molar-refractivity contribution >= 4 is 41.8 Å². The predicted molar refractivity (Wildman–Crippen MR) is 62.3 cm³/mol. The molecule has 0 fully saturated rings. The fraction of sp³-hybridized carbons (Fsp3) is 0.125. The maximum Gasteiger partial charge on any atom is 0.150 e. The average Bonchev–Trinajstić information content (AvgIpc) is 2.03. The number of thiol groups is 1. The third-order valence-electron chi connectivity index (χ3n) is 1.40. The van der Waals surface area contributed by atoms with Crippen LogP contribution in [0.4, 0.5) is 0 Å². The van der Waals surface area contributed by atoms with Crippen molar-refractivity contribution in [3.05, 3.63) is 34.9 Å². The van der Waals surface area contributed by atoms with Gasteiger partial charge >= 0.3 is 0 Å². The Bertz CT molecular complexity index is 291. The standard InChI is InChI=1S/C8H9ClN2S.ClH/c9-7-4-2-1-3-6(7)5-11-8(10)12;/h1-4H,5H2,(H3,10,11,12);1H. The van der Waals surface area contributed by atoms with E-state index in [1.54, 1.807) is 0 Å². The molecule has 0 aliphatic rings. The maximum atomic E-state index is 7.02. The Labute approximate surface area is 94.0 Å². The number of amidine groups is 1. The zero-order chi connectivity index (χ0) is 8.97. The minimum atomic E-state index is 0. The van der Waals surface area contributed by atoms with Gasteiger partial charge in [-0.25, -0.2) is 0 Å². The summed E-state index contributed by atoms with van der Waals surface area (Å²) in [5.74, 6) is 0. The molecule has 0 saturated heterocycles. The summed E-state index contributed by atoms with van der Waals surface area (Å²) in [7, 11) is 0. The lowest BCUT2D eigenvalue weighted by molar-refractivity contribution is 0.923. The van der Waals surface area contributed by atoms with Crippen molar-refractivity contribution in [2.45, 2.75) is 6.54 Å². The lowest BCUT2D eigenvalue weighted by Gasteiger charge is -2.04. The van der Waals surface area contributed by atoms with E-state index in [1.807, 2.05) is 24.3 Å². The summed E-state index contributed by atoms with van der Waals surface area (Å²) in [4.78, 5) is 0. The molecule has 2 N–H and O–H groups in total. The molecule has 13 heavy (non-hydrogen) atoms. The molecule has 1 rings (SSSR count). The highest BCUT2D eigenvalue weighted by atomic mass is 35.5. The molecule has 0 spiro atoms. The second-order valence-electron chi connectivity index (χ2n) is 2.29. The SMILES string of the molecule is Cl.N=C(S)NCc1ccccc1Cl. The quantitative estimate of drug-likeness (QED) is 0.413. The van der Waals surface area contributed by atoms with Gasteiger partial charge in [0.2, 0.25) is 0 Å². The van der Waals surface area contributed by atoms with Gasteiger partial charge in [0.1, 0.15) is 0 Å². The number of hydrogen-bond donors (Lipinski definition) is 3. The molecule has 0 saturated carbocycles. The predicted octanol–water partition coefficient (Wildman–Crippen LogP) is 2.72. The maximum absolute atomic E-state index is 7.02. The van der Waals surface area contributed by atoms with Crippen LogP contribution in [0.5, 0.6) is 0 Å². The Morgan fingerprint density at radius 1 is 1.46 bits per heavy atom. The molecular formula is C8H10Cl2N2S. The molecule has 0 unspecified atom stereocenters. The number of halogens is 2. The highest BCUT2D eigenvalue weighted by molar-refractivity contribution is 7.96. The van der Waals surface area contributed by atoms with Crippen LogP contribution < -0.4 is 5.32 Å². The summed E-state index contributed by atoms with van der Waals surface area (Å²) in [6, 6.07) is 7.51. The van der Waals surface area contributed by atoms with Crippen LogP contribution in [0.2, 0.25) is 5.02 Å². The Morgan fingerprint density at radius 3 is 2.62 bits per heavy atom.